The zero-order valence-electron chi connectivity index (χ0n) is 21.4. The highest BCUT2D eigenvalue weighted by molar-refractivity contribution is 6.01. The summed E-state index contributed by atoms with van der Waals surface area (Å²) < 4.78 is 46.1. The van der Waals surface area contributed by atoms with Crippen molar-refractivity contribution in [2.24, 2.45) is 7.05 Å². The van der Waals surface area contributed by atoms with Gasteiger partial charge in [-0.1, -0.05) is 62.4 Å². The first kappa shape index (κ1) is 25.4. The van der Waals surface area contributed by atoms with Crippen LogP contribution in [0.1, 0.15) is 42.1 Å². The van der Waals surface area contributed by atoms with Gasteiger partial charge in [-0.25, -0.2) is 9.97 Å². The Morgan fingerprint density at radius 2 is 1.74 bits per heavy atom. The fourth-order valence-corrected chi connectivity index (χ4v) is 4.66. The topological polar surface area (TPSA) is 73.1 Å². The van der Waals surface area contributed by atoms with Crippen molar-refractivity contribution in [3.63, 3.8) is 0 Å². The van der Waals surface area contributed by atoms with Gasteiger partial charge in [0.15, 0.2) is 11.5 Å². The Hall–Kier alpha value is -4.21. The molecule has 1 aliphatic rings. The van der Waals surface area contributed by atoms with Gasteiger partial charge in [-0.2, -0.15) is 18.2 Å². The van der Waals surface area contributed by atoms with E-state index in [1.807, 2.05) is 24.3 Å². The third-order valence-corrected chi connectivity index (χ3v) is 6.57. The van der Waals surface area contributed by atoms with E-state index in [0.717, 1.165) is 22.9 Å². The maximum Gasteiger partial charge on any atom is 0.434 e. The van der Waals surface area contributed by atoms with Gasteiger partial charge in [0.05, 0.1) is 25.6 Å². The molecule has 10 heteroatoms. The first-order valence-corrected chi connectivity index (χ1v) is 12.1. The quantitative estimate of drug-likeness (QED) is 0.321. The summed E-state index contributed by atoms with van der Waals surface area (Å²) in [7, 11) is 3.04. The molecular formula is C28H26F3N5O2. The summed E-state index contributed by atoms with van der Waals surface area (Å²) in [5.41, 5.74) is 2.98. The number of aromatic nitrogens is 4. The van der Waals surface area contributed by atoms with E-state index in [4.69, 9.17) is 9.72 Å². The molecule has 0 fully saturated rings. The maximum absolute atomic E-state index is 13.1. The van der Waals surface area contributed by atoms with E-state index in [1.54, 1.807) is 29.2 Å². The molecule has 0 unspecified atom stereocenters. The van der Waals surface area contributed by atoms with Gasteiger partial charge in [0, 0.05) is 24.4 Å². The summed E-state index contributed by atoms with van der Waals surface area (Å²) in [5.74, 6) is 1.66. The summed E-state index contributed by atoms with van der Waals surface area (Å²) in [5, 5.41) is 0. The molecule has 2 aromatic heterocycles. The molecule has 2 aromatic carbocycles. The number of imidazole rings is 1. The standard InChI is InChI=1S/C28H26F3N5O2/c1-16(2)19-7-5-6-8-20(19)24-33-26-21(27(34-24)38-4)13-23(37)36(26)14-17-9-11-18(12-10-17)25-32-22(15-35(25)3)28(29,30)31/h5-12,15-16H,13-14H2,1-4H3. The highest BCUT2D eigenvalue weighted by atomic mass is 19.4. The molecule has 0 radical (unpaired) electrons. The Morgan fingerprint density at radius 3 is 2.37 bits per heavy atom. The Balaban J connectivity index is 1.47. The average molecular weight is 522 g/mol. The van der Waals surface area contributed by atoms with E-state index in [0.29, 0.717) is 28.6 Å². The Labute approximate surface area is 217 Å². The second-order valence-electron chi connectivity index (χ2n) is 9.51. The first-order valence-electron chi connectivity index (χ1n) is 12.1. The lowest BCUT2D eigenvalue weighted by Crippen LogP contribution is -2.26. The third-order valence-electron chi connectivity index (χ3n) is 6.57. The van der Waals surface area contributed by atoms with Gasteiger partial charge < -0.3 is 9.30 Å². The summed E-state index contributed by atoms with van der Waals surface area (Å²) in [6, 6.07) is 14.8. The molecule has 38 heavy (non-hydrogen) atoms. The Kier molecular flexibility index (Phi) is 6.42. The Morgan fingerprint density at radius 1 is 1.03 bits per heavy atom. The fourth-order valence-electron chi connectivity index (χ4n) is 4.66. The van der Waals surface area contributed by atoms with Gasteiger partial charge in [-0.15, -0.1) is 0 Å². The molecule has 1 amide bonds. The molecule has 0 N–H and O–H groups in total. The zero-order valence-corrected chi connectivity index (χ0v) is 21.4. The van der Waals surface area contributed by atoms with Crippen LogP contribution in [0.25, 0.3) is 22.8 Å². The van der Waals surface area contributed by atoms with Crippen molar-refractivity contribution in [3.8, 4) is 28.7 Å². The van der Waals surface area contributed by atoms with E-state index in [9.17, 15) is 18.0 Å². The predicted octanol–water partition coefficient (Wildman–Crippen LogP) is 5.78. The number of ether oxygens (including phenoxy) is 1. The van der Waals surface area contributed by atoms with Crippen LogP contribution in [-0.2, 0) is 31.0 Å². The lowest BCUT2D eigenvalue weighted by molar-refractivity contribution is -0.140. The third kappa shape index (κ3) is 4.62. The van der Waals surface area contributed by atoms with Crippen molar-refractivity contribution in [1.82, 2.24) is 19.5 Å². The summed E-state index contributed by atoms with van der Waals surface area (Å²) in [4.78, 5) is 27.8. The molecular weight excluding hydrogens is 495 g/mol. The predicted molar refractivity (Wildman–Crippen MR) is 137 cm³/mol. The van der Waals surface area contributed by atoms with Crippen molar-refractivity contribution >= 4 is 11.7 Å². The normalized spacial score (nSPS) is 13.4. The summed E-state index contributed by atoms with van der Waals surface area (Å²) >= 11 is 0. The number of amides is 1. The molecule has 0 spiro atoms. The number of anilines is 1. The SMILES string of the molecule is COc1nc(-c2ccccc2C(C)C)nc2c1CC(=O)N2Cc1ccc(-c2nc(C(F)(F)F)cn2C)cc1. The van der Waals surface area contributed by atoms with E-state index < -0.39 is 11.9 Å². The number of halogens is 3. The molecule has 0 bridgehead atoms. The van der Waals surface area contributed by atoms with Crippen molar-refractivity contribution in [2.75, 3.05) is 12.0 Å². The second kappa shape index (κ2) is 9.59. The van der Waals surface area contributed by atoms with Gasteiger partial charge in [0.1, 0.15) is 11.6 Å². The Bertz CT molecular complexity index is 1510. The van der Waals surface area contributed by atoms with E-state index in [-0.39, 0.29) is 30.6 Å². The number of carbonyl (C=O) groups excluding carboxylic acids is 1. The molecule has 0 saturated carbocycles. The summed E-state index contributed by atoms with van der Waals surface area (Å²) in [6.07, 6.45) is -3.43. The highest BCUT2D eigenvalue weighted by Crippen LogP contribution is 2.38. The van der Waals surface area contributed by atoms with Crippen molar-refractivity contribution in [1.29, 1.82) is 0 Å². The number of nitrogens with zero attached hydrogens (tertiary/aromatic N) is 5. The molecule has 196 valence electrons. The molecule has 3 heterocycles. The number of methoxy groups -OCH3 is 1. The van der Waals surface area contributed by atoms with Crippen LogP contribution in [0, 0.1) is 0 Å². The fraction of sp³-hybridized carbons (Fsp3) is 0.286. The number of alkyl halides is 3. The van der Waals surface area contributed by atoms with Gasteiger partial charge in [0.25, 0.3) is 0 Å². The maximum atomic E-state index is 13.1. The van der Waals surface area contributed by atoms with Crippen molar-refractivity contribution in [3.05, 3.63) is 77.1 Å². The molecule has 4 aromatic rings. The van der Waals surface area contributed by atoms with Crippen LogP contribution in [0.3, 0.4) is 0 Å². The monoisotopic (exact) mass is 521 g/mol. The minimum atomic E-state index is -4.52. The van der Waals surface area contributed by atoms with Gasteiger partial charge in [-0.3, -0.25) is 9.69 Å². The van der Waals surface area contributed by atoms with Crippen molar-refractivity contribution in [2.45, 2.75) is 38.9 Å². The minimum Gasteiger partial charge on any atom is -0.481 e. The highest BCUT2D eigenvalue weighted by Gasteiger charge is 2.35. The second-order valence-corrected chi connectivity index (χ2v) is 9.51. The molecule has 0 aliphatic carbocycles. The van der Waals surface area contributed by atoms with E-state index in [1.165, 1.54) is 18.7 Å². The molecule has 0 saturated heterocycles. The molecule has 0 atom stereocenters. The minimum absolute atomic E-state index is 0.121. The van der Waals surface area contributed by atoms with Gasteiger partial charge >= 0.3 is 6.18 Å². The molecule has 7 nitrogen and oxygen atoms in total. The van der Waals surface area contributed by atoms with E-state index >= 15 is 0 Å². The number of carbonyl (C=O) groups is 1. The number of benzene rings is 2. The van der Waals surface area contributed by atoms with Crippen LogP contribution in [0.2, 0.25) is 0 Å². The number of hydrogen-bond acceptors (Lipinski definition) is 5. The zero-order chi connectivity index (χ0) is 27.2. The number of hydrogen-bond donors (Lipinski definition) is 0. The van der Waals surface area contributed by atoms with Crippen LogP contribution in [-0.4, -0.2) is 32.5 Å². The first-order chi connectivity index (χ1) is 18.1. The van der Waals surface area contributed by atoms with Gasteiger partial charge in [-0.05, 0) is 17.0 Å². The smallest absolute Gasteiger partial charge is 0.434 e. The van der Waals surface area contributed by atoms with E-state index in [2.05, 4.69) is 23.8 Å². The molecule has 1 aliphatic heterocycles. The lowest BCUT2D eigenvalue weighted by Gasteiger charge is -2.19. The van der Waals surface area contributed by atoms with Crippen LogP contribution >= 0.6 is 0 Å². The van der Waals surface area contributed by atoms with Crippen LogP contribution < -0.4 is 9.64 Å². The number of aryl methyl sites for hydroxylation is 1. The number of fused-ring (bicyclic) bond motifs is 1. The van der Waals surface area contributed by atoms with Crippen molar-refractivity contribution < 1.29 is 22.7 Å². The lowest BCUT2D eigenvalue weighted by atomic mass is 9.97. The van der Waals surface area contributed by atoms with Crippen LogP contribution in [0.5, 0.6) is 5.88 Å². The largest absolute Gasteiger partial charge is 0.481 e. The number of rotatable bonds is 6. The van der Waals surface area contributed by atoms with Crippen LogP contribution in [0.4, 0.5) is 19.0 Å². The van der Waals surface area contributed by atoms with Gasteiger partial charge in [0.2, 0.25) is 11.8 Å². The summed E-state index contributed by atoms with van der Waals surface area (Å²) in [6.45, 7) is 4.43. The molecule has 5 rings (SSSR count). The average Bonchev–Trinajstić information content (AvgIpc) is 3.43. The van der Waals surface area contributed by atoms with Crippen LogP contribution in [0.15, 0.2) is 54.7 Å².